The third-order valence-corrected chi connectivity index (χ3v) is 3.40. The first-order valence-corrected chi connectivity index (χ1v) is 6.95. The molecule has 0 aliphatic rings. The first-order chi connectivity index (χ1) is 9.11. The molecule has 1 aromatic rings. The first kappa shape index (κ1) is 15.6. The van der Waals surface area contributed by atoms with Gasteiger partial charge in [0, 0.05) is 19.4 Å². The Morgan fingerprint density at radius 1 is 1.37 bits per heavy atom. The molecule has 1 heterocycles. The van der Waals surface area contributed by atoms with Crippen LogP contribution >= 0.6 is 0 Å². The Morgan fingerprint density at radius 2 is 2.05 bits per heavy atom. The fraction of sp³-hybridized carbons (Fsp3) is 0.786. The summed E-state index contributed by atoms with van der Waals surface area (Å²) in [4.78, 5) is 4.45. The minimum atomic E-state index is -0.449. The second-order valence-corrected chi connectivity index (χ2v) is 4.82. The lowest BCUT2D eigenvalue weighted by Gasteiger charge is -2.27. The molecule has 0 aliphatic heterocycles. The SMILES string of the molecule is CCOC(CC)(CC)c1noc(CC(C)CC#N)n1. The number of rotatable bonds is 8. The highest BCUT2D eigenvalue weighted by atomic mass is 16.5. The highest BCUT2D eigenvalue weighted by Crippen LogP contribution is 2.31. The molecule has 1 rings (SSSR count). The largest absolute Gasteiger partial charge is 0.367 e. The van der Waals surface area contributed by atoms with Crippen LogP contribution < -0.4 is 0 Å². The van der Waals surface area contributed by atoms with Gasteiger partial charge in [-0.05, 0) is 25.7 Å². The Kier molecular flexibility index (Phi) is 5.97. The number of nitrogens with zero attached hydrogens (tertiary/aromatic N) is 3. The highest BCUT2D eigenvalue weighted by molar-refractivity contribution is 5.01. The lowest BCUT2D eigenvalue weighted by Crippen LogP contribution is -2.29. The van der Waals surface area contributed by atoms with Crippen molar-refractivity contribution in [1.29, 1.82) is 5.26 Å². The molecule has 106 valence electrons. The predicted molar refractivity (Wildman–Crippen MR) is 71.3 cm³/mol. The number of aromatic nitrogens is 2. The normalized spacial score (nSPS) is 13.2. The van der Waals surface area contributed by atoms with Crippen LogP contribution in [0.25, 0.3) is 0 Å². The van der Waals surface area contributed by atoms with Gasteiger partial charge in [0.2, 0.25) is 11.7 Å². The van der Waals surface area contributed by atoms with Gasteiger partial charge in [-0.2, -0.15) is 10.2 Å². The van der Waals surface area contributed by atoms with Crippen LogP contribution in [0.15, 0.2) is 4.52 Å². The fourth-order valence-corrected chi connectivity index (χ4v) is 2.16. The lowest BCUT2D eigenvalue weighted by molar-refractivity contribution is -0.0583. The molecule has 5 heteroatoms. The molecule has 0 saturated heterocycles. The molecule has 0 amide bonds. The Morgan fingerprint density at radius 3 is 2.58 bits per heavy atom. The van der Waals surface area contributed by atoms with E-state index in [0.717, 1.165) is 12.8 Å². The number of ether oxygens (including phenoxy) is 1. The van der Waals surface area contributed by atoms with Crippen molar-refractivity contribution in [2.24, 2.45) is 5.92 Å². The van der Waals surface area contributed by atoms with Crippen molar-refractivity contribution in [3.63, 3.8) is 0 Å². The van der Waals surface area contributed by atoms with Crippen LogP contribution in [0.3, 0.4) is 0 Å². The zero-order valence-electron chi connectivity index (χ0n) is 12.3. The van der Waals surface area contributed by atoms with E-state index in [0.29, 0.717) is 31.2 Å². The van der Waals surface area contributed by atoms with Crippen LogP contribution in [-0.4, -0.2) is 16.7 Å². The van der Waals surface area contributed by atoms with Gasteiger partial charge in [-0.1, -0.05) is 25.9 Å². The molecule has 5 nitrogen and oxygen atoms in total. The van der Waals surface area contributed by atoms with Crippen molar-refractivity contribution >= 4 is 0 Å². The zero-order chi connectivity index (χ0) is 14.3. The van der Waals surface area contributed by atoms with E-state index in [1.54, 1.807) is 0 Å². The quantitative estimate of drug-likeness (QED) is 0.721. The summed E-state index contributed by atoms with van der Waals surface area (Å²) in [5, 5.41) is 12.7. The first-order valence-electron chi connectivity index (χ1n) is 6.95. The van der Waals surface area contributed by atoms with E-state index in [1.807, 2.05) is 13.8 Å². The van der Waals surface area contributed by atoms with Gasteiger partial charge < -0.3 is 9.26 Å². The van der Waals surface area contributed by atoms with Crippen LogP contribution in [0.1, 0.15) is 58.7 Å². The minimum absolute atomic E-state index is 0.225. The Hall–Kier alpha value is -1.41. The van der Waals surface area contributed by atoms with Crippen molar-refractivity contribution in [3.8, 4) is 6.07 Å². The molecule has 0 radical (unpaired) electrons. The third kappa shape index (κ3) is 3.77. The van der Waals surface area contributed by atoms with Gasteiger partial charge in [-0.25, -0.2) is 0 Å². The van der Waals surface area contributed by atoms with Gasteiger partial charge in [-0.15, -0.1) is 0 Å². The molecule has 0 spiro atoms. The van der Waals surface area contributed by atoms with Gasteiger partial charge in [0.15, 0.2) is 0 Å². The third-order valence-electron chi connectivity index (χ3n) is 3.40. The van der Waals surface area contributed by atoms with Crippen LogP contribution in [0, 0.1) is 17.2 Å². The van der Waals surface area contributed by atoms with Gasteiger partial charge >= 0.3 is 0 Å². The molecule has 0 bridgehead atoms. The summed E-state index contributed by atoms with van der Waals surface area (Å²) in [6.07, 6.45) is 2.75. The van der Waals surface area contributed by atoms with Crippen LogP contribution in [0.2, 0.25) is 0 Å². The second-order valence-electron chi connectivity index (χ2n) is 4.82. The number of nitriles is 1. The molecule has 1 aromatic heterocycles. The van der Waals surface area contributed by atoms with E-state index in [2.05, 4.69) is 30.1 Å². The summed E-state index contributed by atoms with van der Waals surface area (Å²) < 4.78 is 11.1. The van der Waals surface area contributed by atoms with Crippen LogP contribution in [-0.2, 0) is 16.8 Å². The standard InChI is InChI=1S/C14H23N3O2/c1-5-14(6-2,18-7-3)13-16-12(19-17-13)10-11(4)8-9-15/h11H,5-8,10H2,1-4H3. The highest BCUT2D eigenvalue weighted by Gasteiger charge is 2.34. The number of hydrogen-bond donors (Lipinski definition) is 0. The maximum atomic E-state index is 8.66. The summed E-state index contributed by atoms with van der Waals surface area (Å²) in [6, 6.07) is 2.15. The second kappa shape index (κ2) is 7.25. The Bertz CT molecular complexity index is 419. The molecule has 0 aromatic carbocycles. The van der Waals surface area contributed by atoms with Crippen molar-refractivity contribution < 1.29 is 9.26 Å². The van der Waals surface area contributed by atoms with Crippen molar-refractivity contribution in [2.45, 2.75) is 59.0 Å². The lowest BCUT2D eigenvalue weighted by atomic mass is 9.96. The summed E-state index contributed by atoms with van der Waals surface area (Å²) >= 11 is 0. The van der Waals surface area contributed by atoms with Gasteiger partial charge in [-0.3, -0.25) is 0 Å². The van der Waals surface area contributed by atoms with E-state index in [9.17, 15) is 0 Å². The molecule has 19 heavy (non-hydrogen) atoms. The molecular weight excluding hydrogens is 242 g/mol. The average Bonchev–Trinajstić information content (AvgIpc) is 2.85. The summed E-state index contributed by atoms with van der Waals surface area (Å²) in [7, 11) is 0. The zero-order valence-corrected chi connectivity index (χ0v) is 12.3. The summed E-state index contributed by atoms with van der Waals surface area (Å²) in [5.74, 6) is 1.44. The molecule has 0 N–H and O–H groups in total. The molecule has 0 saturated carbocycles. The van der Waals surface area contributed by atoms with Gasteiger partial charge in [0.05, 0.1) is 6.07 Å². The molecule has 1 unspecified atom stereocenters. The van der Waals surface area contributed by atoms with E-state index < -0.39 is 5.60 Å². The van der Waals surface area contributed by atoms with Crippen molar-refractivity contribution in [2.75, 3.05) is 6.61 Å². The predicted octanol–water partition coefficient (Wildman–Crippen LogP) is 3.21. The van der Waals surface area contributed by atoms with Gasteiger partial charge in [0.1, 0.15) is 5.60 Å². The molecule has 1 atom stereocenters. The summed E-state index contributed by atoms with van der Waals surface area (Å²) in [5.41, 5.74) is -0.449. The van der Waals surface area contributed by atoms with Crippen molar-refractivity contribution in [1.82, 2.24) is 10.1 Å². The average molecular weight is 265 g/mol. The van der Waals surface area contributed by atoms with E-state index in [4.69, 9.17) is 14.5 Å². The maximum absolute atomic E-state index is 8.66. The molecule has 0 fully saturated rings. The van der Waals surface area contributed by atoms with Crippen LogP contribution in [0.5, 0.6) is 0 Å². The molecular formula is C14H23N3O2. The number of hydrogen-bond acceptors (Lipinski definition) is 5. The van der Waals surface area contributed by atoms with Gasteiger partial charge in [0.25, 0.3) is 0 Å². The molecule has 0 aliphatic carbocycles. The minimum Gasteiger partial charge on any atom is -0.367 e. The Labute approximate surface area is 115 Å². The monoisotopic (exact) mass is 265 g/mol. The van der Waals surface area contributed by atoms with Crippen LogP contribution in [0.4, 0.5) is 0 Å². The summed E-state index contributed by atoms with van der Waals surface area (Å²) in [6.45, 7) is 8.72. The smallest absolute Gasteiger partial charge is 0.227 e. The maximum Gasteiger partial charge on any atom is 0.227 e. The van der Waals surface area contributed by atoms with E-state index in [1.165, 1.54) is 0 Å². The van der Waals surface area contributed by atoms with E-state index >= 15 is 0 Å². The topological polar surface area (TPSA) is 71.9 Å². The fourth-order valence-electron chi connectivity index (χ4n) is 2.16. The van der Waals surface area contributed by atoms with Crippen molar-refractivity contribution in [3.05, 3.63) is 11.7 Å². The Balaban J connectivity index is 2.84. The van der Waals surface area contributed by atoms with E-state index in [-0.39, 0.29) is 5.92 Å².